The molecule has 74 valence electrons. The van der Waals surface area contributed by atoms with E-state index >= 15 is 0 Å². The summed E-state index contributed by atoms with van der Waals surface area (Å²) >= 11 is 5.52. The van der Waals surface area contributed by atoms with Crippen LogP contribution in [0.1, 0.15) is 0 Å². The van der Waals surface area contributed by atoms with Crippen LogP contribution in [-0.2, 0) is 13.6 Å². The topological polar surface area (TPSA) is 65.6 Å². The fourth-order valence-corrected chi connectivity index (χ4v) is 1.36. The van der Waals surface area contributed by atoms with Crippen LogP contribution < -0.4 is 5.56 Å². The van der Waals surface area contributed by atoms with Gasteiger partial charge in [0.25, 0.3) is 5.56 Å². The van der Waals surface area contributed by atoms with E-state index in [1.165, 1.54) is 15.6 Å². The van der Waals surface area contributed by atoms with E-state index in [1.54, 1.807) is 7.05 Å². The Bertz CT molecular complexity index is 516. The molecule has 0 aliphatic carbocycles. The van der Waals surface area contributed by atoms with Crippen molar-refractivity contribution in [2.45, 2.75) is 6.54 Å². The fourth-order valence-electron chi connectivity index (χ4n) is 1.20. The molecule has 6 nitrogen and oxygen atoms in total. The standard InChI is InChI=1S/C7H8ClN5O/c1-12-6-5(4-9-12)7(14)13(3-2-8)11-10-6/h4H,2-3H2,1H3. The zero-order valence-corrected chi connectivity index (χ0v) is 8.27. The number of hydrogen-bond acceptors (Lipinski definition) is 4. The maximum Gasteiger partial charge on any atom is 0.280 e. The molecule has 0 aliphatic rings. The number of alkyl halides is 1. The summed E-state index contributed by atoms with van der Waals surface area (Å²) < 4.78 is 2.74. The van der Waals surface area contributed by atoms with Crippen molar-refractivity contribution in [3.63, 3.8) is 0 Å². The first kappa shape index (κ1) is 9.14. The SMILES string of the molecule is Cn1ncc2c(=O)n(CCCl)nnc21. The largest absolute Gasteiger partial charge is 0.280 e. The van der Waals surface area contributed by atoms with Gasteiger partial charge in [0.05, 0.1) is 12.7 Å². The molecule has 0 amide bonds. The van der Waals surface area contributed by atoms with Crippen molar-refractivity contribution in [3.05, 3.63) is 16.6 Å². The Morgan fingerprint density at radius 3 is 3.07 bits per heavy atom. The summed E-state index contributed by atoms with van der Waals surface area (Å²) in [7, 11) is 1.71. The number of hydrogen-bond donors (Lipinski definition) is 0. The van der Waals surface area contributed by atoms with Gasteiger partial charge in [0, 0.05) is 12.9 Å². The predicted molar refractivity (Wildman–Crippen MR) is 51.3 cm³/mol. The Morgan fingerprint density at radius 1 is 1.57 bits per heavy atom. The molecule has 0 N–H and O–H groups in total. The highest BCUT2D eigenvalue weighted by Crippen LogP contribution is 2.01. The summed E-state index contributed by atoms with van der Waals surface area (Å²) in [5.41, 5.74) is 0.282. The van der Waals surface area contributed by atoms with Gasteiger partial charge in [0.1, 0.15) is 5.39 Å². The predicted octanol–water partition coefficient (Wildman–Crippen LogP) is -0.236. The van der Waals surface area contributed by atoms with Gasteiger partial charge in [-0.15, -0.1) is 16.7 Å². The Morgan fingerprint density at radius 2 is 2.36 bits per heavy atom. The Labute approximate surface area is 84.1 Å². The monoisotopic (exact) mass is 213 g/mol. The molecule has 0 aliphatic heterocycles. The molecule has 0 unspecified atom stereocenters. The maximum absolute atomic E-state index is 11.7. The second kappa shape index (κ2) is 3.38. The number of nitrogens with zero attached hydrogens (tertiary/aromatic N) is 5. The quantitative estimate of drug-likeness (QED) is 0.646. The number of rotatable bonds is 2. The van der Waals surface area contributed by atoms with Crippen LogP contribution in [0.5, 0.6) is 0 Å². The molecule has 0 spiro atoms. The van der Waals surface area contributed by atoms with E-state index in [2.05, 4.69) is 15.4 Å². The minimum atomic E-state index is -0.205. The summed E-state index contributed by atoms with van der Waals surface area (Å²) in [6, 6.07) is 0. The van der Waals surface area contributed by atoms with Gasteiger partial charge >= 0.3 is 0 Å². The van der Waals surface area contributed by atoms with Gasteiger partial charge in [-0.25, -0.2) is 9.36 Å². The van der Waals surface area contributed by atoms with Gasteiger partial charge in [-0.1, -0.05) is 5.21 Å². The second-order valence-electron chi connectivity index (χ2n) is 2.81. The van der Waals surface area contributed by atoms with E-state index in [1.807, 2.05) is 0 Å². The summed E-state index contributed by atoms with van der Waals surface area (Å²) in [4.78, 5) is 11.7. The van der Waals surface area contributed by atoms with Crippen molar-refractivity contribution in [1.29, 1.82) is 0 Å². The lowest BCUT2D eigenvalue weighted by molar-refractivity contribution is 0.579. The van der Waals surface area contributed by atoms with Crippen LogP contribution in [0.25, 0.3) is 11.0 Å². The molecular formula is C7H8ClN5O. The fraction of sp³-hybridized carbons (Fsp3) is 0.429. The minimum Gasteiger partial charge on any atom is -0.267 e. The molecule has 14 heavy (non-hydrogen) atoms. The lowest BCUT2D eigenvalue weighted by atomic mass is 10.4. The van der Waals surface area contributed by atoms with E-state index in [-0.39, 0.29) is 5.56 Å². The van der Waals surface area contributed by atoms with Gasteiger partial charge in [0.2, 0.25) is 0 Å². The van der Waals surface area contributed by atoms with E-state index in [0.29, 0.717) is 23.5 Å². The first-order valence-corrected chi connectivity index (χ1v) is 4.59. The van der Waals surface area contributed by atoms with Crippen LogP contribution in [-0.4, -0.2) is 30.7 Å². The molecule has 2 aromatic heterocycles. The van der Waals surface area contributed by atoms with Crippen LogP contribution >= 0.6 is 11.6 Å². The van der Waals surface area contributed by atoms with Crippen LogP contribution in [0, 0.1) is 0 Å². The third kappa shape index (κ3) is 1.27. The lowest BCUT2D eigenvalue weighted by Gasteiger charge is -1.99. The average Bonchev–Trinajstić information content (AvgIpc) is 2.54. The molecule has 0 saturated heterocycles. The van der Waals surface area contributed by atoms with E-state index in [0.717, 1.165) is 0 Å². The molecule has 2 heterocycles. The smallest absolute Gasteiger partial charge is 0.267 e. The molecule has 2 aromatic rings. The molecule has 0 radical (unpaired) electrons. The van der Waals surface area contributed by atoms with Crippen molar-refractivity contribution < 1.29 is 0 Å². The number of fused-ring (bicyclic) bond motifs is 1. The Hall–Kier alpha value is -1.43. The first-order valence-electron chi connectivity index (χ1n) is 4.05. The number of aromatic nitrogens is 5. The highest BCUT2D eigenvalue weighted by molar-refractivity contribution is 6.17. The summed E-state index contributed by atoms with van der Waals surface area (Å²) in [5, 5.41) is 12.0. The van der Waals surface area contributed by atoms with Gasteiger partial charge in [-0.05, 0) is 0 Å². The van der Waals surface area contributed by atoms with Gasteiger partial charge in [-0.3, -0.25) is 4.79 Å². The molecule has 0 saturated carbocycles. The van der Waals surface area contributed by atoms with Crippen LogP contribution in [0.15, 0.2) is 11.0 Å². The van der Waals surface area contributed by atoms with Crippen LogP contribution in [0.4, 0.5) is 0 Å². The highest BCUT2D eigenvalue weighted by atomic mass is 35.5. The summed E-state index contributed by atoms with van der Waals surface area (Å²) in [6.45, 7) is 0.359. The molecule has 7 heteroatoms. The van der Waals surface area contributed by atoms with Gasteiger partial charge in [0.15, 0.2) is 5.65 Å². The maximum atomic E-state index is 11.7. The average molecular weight is 214 g/mol. The molecule has 0 atom stereocenters. The summed E-state index contributed by atoms with van der Waals surface area (Å²) in [5.74, 6) is 0.334. The van der Waals surface area contributed by atoms with Crippen molar-refractivity contribution in [1.82, 2.24) is 24.8 Å². The van der Waals surface area contributed by atoms with E-state index in [4.69, 9.17) is 11.6 Å². The molecule has 0 fully saturated rings. The number of aryl methyl sites for hydroxylation is 2. The van der Waals surface area contributed by atoms with Crippen molar-refractivity contribution >= 4 is 22.6 Å². The van der Waals surface area contributed by atoms with E-state index in [9.17, 15) is 4.79 Å². The molecule has 2 rings (SSSR count). The zero-order valence-electron chi connectivity index (χ0n) is 7.51. The second-order valence-corrected chi connectivity index (χ2v) is 3.19. The Kier molecular flexibility index (Phi) is 2.20. The third-order valence-electron chi connectivity index (χ3n) is 1.92. The van der Waals surface area contributed by atoms with Crippen molar-refractivity contribution in [2.24, 2.45) is 7.05 Å². The molecule has 0 bridgehead atoms. The normalized spacial score (nSPS) is 11.0. The molecule has 0 aromatic carbocycles. The summed E-state index contributed by atoms with van der Waals surface area (Å²) in [6.07, 6.45) is 1.48. The molecular weight excluding hydrogens is 206 g/mol. The third-order valence-corrected chi connectivity index (χ3v) is 2.09. The van der Waals surface area contributed by atoms with E-state index < -0.39 is 0 Å². The van der Waals surface area contributed by atoms with Crippen LogP contribution in [0.3, 0.4) is 0 Å². The van der Waals surface area contributed by atoms with Crippen molar-refractivity contribution in [3.8, 4) is 0 Å². The highest BCUT2D eigenvalue weighted by Gasteiger charge is 2.08. The first-order chi connectivity index (χ1) is 6.74. The van der Waals surface area contributed by atoms with Gasteiger partial charge in [-0.2, -0.15) is 5.10 Å². The van der Waals surface area contributed by atoms with Crippen LogP contribution in [0.2, 0.25) is 0 Å². The zero-order chi connectivity index (χ0) is 10.1. The van der Waals surface area contributed by atoms with Crippen molar-refractivity contribution in [2.75, 3.05) is 5.88 Å². The minimum absolute atomic E-state index is 0.205. The Balaban J connectivity index is 2.70. The lowest BCUT2D eigenvalue weighted by Crippen LogP contribution is -2.24. The van der Waals surface area contributed by atoms with Gasteiger partial charge < -0.3 is 0 Å². The number of halogens is 1.